The van der Waals surface area contributed by atoms with E-state index >= 15 is 0 Å². The Morgan fingerprint density at radius 3 is 2.56 bits per heavy atom. The van der Waals surface area contributed by atoms with Gasteiger partial charge in [-0.15, -0.1) is 0 Å². The number of hydrogen-bond donors (Lipinski definition) is 2. The first-order chi connectivity index (χ1) is 8.56. The van der Waals surface area contributed by atoms with Crippen LogP contribution < -0.4 is 10.6 Å². The topological polar surface area (TPSA) is 59.6 Å². The minimum Gasteiger partial charge on any atom is -0.354 e. The summed E-state index contributed by atoms with van der Waals surface area (Å²) in [6.45, 7) is 4.22. The van der Waals surface area contributed by atoms with Crippen LogP contribution >= 0.6 is 0 Å². The first-order valence-electron chi connectivity index (χ1n) is 5.74. The van der Waals surface area contributed by atoms with Crippen molar-refractivity contribution in [3.63, 3.8) is 0 Å². The third-order valence-electron chi connectivity index (χ3n) is 2.60. The Hall–Kier alpha value is -1.59. The van der Waals surface area contributed by atoms with Crippen LogP contribution in [0.25, 0.3) is 0 Å². The van der Waals surface area contributed by atoms with Gasteiger partial charge in [0.1, 0.15) is 0 Å². The number of urea groups is 1. The maximum absolute atomic E-state index is 11.7. The number of aryl methyl sites for hydroxylation is 2. The Balaban J connectivity index is 2.51. The molecule has 0 saturated heterocycles. The molecular formula is C13H20N2O3. The molecule has 0 aliphatic rings. The molecule has 0 atom stereocenters. The molecule has 0 aliphatic heterocycles. The van der Waals surface area contributed by atoms with E-state index in [0.717, 1.165) is 16.8 Å². The predicted octanol–water partition coefficient (Wildman–Crippen LogP) is 2.04. The minimum absolute atomic E-state index is 0.275. The molecule has 1 aromatic carbocycles. The van der Waals surface area contributed by atoms with E-state index in [0.29, 0.717) is 6.54 Å². The summed E-state index contributed by atoms with van der Waals surface area (Å²) in [5.74, 6) is 0. The lowest BCUT2D eigenvalue weighted by Crippen LogP contribution is -2.36. The monoisotopic (exact) mass is 252 g/mol. The summed E-state index contributed by atoms with van der Waals surface area (Å²) in [5.41, 5.74) is 2.92. The molecule has 5 heteroatoms. The van der Waals surface area contributed by atoms with Crippen LogP contribution in [-0.4, -0.2) is 33.1 Å². The van der Waals surface area contributed by atoms with E-state index in [4.69, 9.17) is 9.47 Å². The van der Waals surface area contributed by atoms with Gasteiger partial charge in [-0.3, -0.25) is 0 Å². The molecule has 0 bridgehead atoms. The Kier molecular flexibility index (Phi) is 5.61. The molecule has 2 N–H and O–H groups in total. The van der Waals surface area contributed by atoms with Crippen LogP contribution in [0, 0.1) is 13.8 Å². The Morgan fingerprint density at radius 2 is 1.94 bits per heavy atom. The number of amides is 2. The molecule has 1 aromatic rings. The lowest BCUT2D eigenvalue weighted by molar-refractivity contribution is -0.0970. The molecule has 100 valence electrons. The van der Waals surface area contributed by atoms with E-state index < -0.39 is 6.29 Å². The number of anilines is 1. The molecule has 5 nitrogen and oxygen atoms in total. The van der Waals surface area contributed by atoms with Gasteiger partial charge < -0.3 is 20.1 Å². The van der Waals surface area contributed by atoms with Crippen molar-refractivity contribution < 1.29 is 14.3 Å². The summed E-state index contributed by atoms with van der Waals surface area (Å²) < 4.78 is 9.96. The van der Waals surface area contributed by atoms with E-state index in [1.165, 1.54) is 14.2 Å². The Labute approximate surface area is 107 Å². The van der Waals surface area contributed by atoms with E-state index in [9.17, 15) is 4.79 Å². The average molecular weight is 252 g/mol. The molecule has 0 heterocycles. The number of rotatable bonds is 5. The van der Waals surface area contributed by atoms with E-state index in [1.54, 1.807) is 0 Å². The molecule has 1 rings (SSSR count). The number of benzene rings is 1. The van der Waals surface area contributed by atoms with Crippen molar-refractivity contribution in [3.05, 3.63) is 29.3 Å². The molecule has 0 aliphatic carbocycles. The molecule has 18 heavy (non-hydrogen) atoms. The fourth-order valence-electron chi connectivity index (χ4n) is 1.48. The standard InChI is InChI=1S/C13H20N2O3/c1-9-5-6-10(2)11(7-9)15-13(16)14-8-12(17-3)18-4/h5-7,12H,8H2,1-4H3,(H2,14,15,16). The van der Waals surface area contributed by atoms with Crippen molar-refractivity contribution in [2.45, 2.75) is 20.1 Å². The maximum Gasteiger partial charge on any atom is 0.319 e. The molecule has 0 radical (unpaired) electrons. The maximum atomic E-state index is 11.7. The summed E-state index contributed by atoms with van der Waals surface area (Å²) in [6.07, 6.45) is -0.436. The van der Waals surface area contributed by atoms with Crippen LogP contribution in [0.5, 0.6) is 0 Å². The summed E-state index contributed by atoms with van der Waals surface area (Å²) in [7, 11) is 3.05. The van der Waals surface area contributed by atoms with Gasteiger partial charge in [-0.2, -0.15) is 0 Å². The quantitative estimate of drug-likeness (QED) is 0.788. The highest BCUT2D eigenvalue weighted by Gasteiger charge is 2.08. The van der Waals surface area contributed by atoms with Gasteiger partial charge >= 0.3 is 6.03 Å². The lowest BCUT2D eigenvalue weighted by Gasteiger charge is -2.15. The van der Waals surface area contributed by atoms with Crippen molar-refractivity contribution in [3.8, 4) is 0 Å². The molecule has 0 fully saturated rings. The number of hydrogen-bond acceptors (Lipinski definition) is 3. The van der Waals surface area contributed by atoms with Gasteiger partial charge in [0.25, 0.3) is 0 Å². The predicted molar refractivity (Wildman–Crippen MR) is 70.7 cm³/mol. The normalized spacial score (nSPS) is 10.5. The molecule has 0 spiro atoms. The molecule has 0 aromatic heterocycles. The fourth-order valence-corrected chi connectivity index (χ4v) is 1.48. The van der Waals surface area contributed by atoms with Gasteiger partial charge in [0, 0.05) is 19.9 Å². The second-order valence-electron chi connectivity index (χ2n) is 4.05. The van der Waals surface area contributed by atoms with Crippen molar-refractivity contribution >= 4 is 11.7 Å². The lowest BCUT2D eigenvalue weighted by atomic mass is 10.1. The Morgan fingerprint density at radius 1 is 1.28 bits per heavy atom. The molecule has 0 unspecified atom stereocenters. The zero-order chi connectivity index (χ0) is 13.5. The van der Waals surface area contributed by atoms with E-state index in [1.807, 2.05) is 32.0 Å². The van der Waals surface area contributed by atoms with Crippen molar-refractivity contribution in [1.29, 1.82) is 0 Å². The van der Waals surface area contributed by atoms with Crippen molar-refractivity contribution in [1.82, 2.24) is 5.32 Å². The van der Waals surface area contributed by atoms with Crippen LogP contribution in [0.1, 0.15) is 11.1 Å². The van der Waals surface area contributed by atoms with Gasteiger partial charge in [0.05, 0.1) is 6.54 Å². The smallest absolute Gasteiger partial charge is 0.319 e. The van der Waals surface area contributed by atoms with Crippen LogP contribution in [0.4, 0.5) is 10.5 Å². The second-order valence-corrected chi connectivity index (χ2v) is 4.05. The minimum atomic E-state index is -0.436. The number of carbonyl (C=O) groups is 1. The van der Waals surface area contributed by atoms with Gasteiger partial charge in [0.15, 0.2) is 6.29 Å². The van der Waals surface area contributed by atoms with E-state index in [-0.39, 0.29) is 6.03 Å². The van der Waals surface area contributed by atoms with Crippen LogP contribution in [0.2, 0.25) is 0 Å². The second kappa shape index (κ2) is 6.98. The first-order valence-corrected chi connectivity index (χ1v) is 5.74. The highest BCUT2D eigenvalue weighted by atomic mass is 16.7. The first kappa shape index (κ1) is 14.5. The number of carbonyl (C=O) groups excluding carboxylic acids is 1. The number of ether oxygens (including phenoxy) is 2. The summed E-state index contributed by atoms with van der Waals surface area (Å²) in [4.78, 5) is 11.7. The average Bonchev–Trinajstić information content (AvgIpc) is 2.35. The molecule has 2 amide bonds. The highest BCUT2D eigenvalue weighted by molar-refractivity contribution is 5.90. The zero-order valence-corrected chi connectivity index (χ0v) is 11.2. The zero-order valence-electron chi connectivity index (χ0n) is 11.2. The molecule has 0 saturated carbocycles. The third kappa shape index (κ3) is 4.35. The summed E-state index contributed by atoms with van der Waals surface area (Å²) >= 11 is 0. The van der Waals surface area contributed by atoms with Gasteiger partial charge in [0.2, 0.25) is 0 Å². The number of methoxy groups -OCH3 is 2. The van der Waals surface area contributed by atoms with Crippen LogP contribution in [0.15, 0.2) is 18.2 Å². The largest absolute Gasteiger partial charge is 0.354 e. The summed E-state index contributed by atoms with van der Waals surface area (Å²) in [5, 5.41) is 5.47. The SMILES string of the molecule is COC(CNC(=O)Nc1cc(C)ccc1C)OC. The van der Waals surface area contributed by atoms with Crippen molar-refractivity contribution in [2.75, 3.05) is 26.1 Å². The van der Waals surface area contributed by atoms with Gasteiger partial charge in [-0.25, -0.2) is 4.79 Å². The van der Waals surface area contributed by atoms with Gasteiger partial charge in [-0.1, -0.05) is 12.1 Å². The highest BCUT2D eigenvalue weighted by Crippen LogP contribution is 2.15. The third-order valence-corrected chi connectivity index (χ3v) is 2.60. The molecular weight excluding hydrogens is 232 g/mol. The van der Waals surface area contributed by atoms with Crippen molar-refractivity contribution in [2.24, 2.45) is 0 Å². The van der Waals surface area contributed by atoms with E-state index in [2.05, 4.69) is 10.6 Å². The van der Waals surface area contributed by atoms with Crippen LogP contribution in [0.3, 0.4) is 0 Å². The van der Waals surface area contributed by atoms with Crippen LogP contribution in [-0.2, 0) is 9.47 Å². The van der Waals surface area contributed by atoms with Gasteiger partial charge in [-0.05, 0) is 31.0 Å². The Bertz CT molecular complexity index is 403. The summed E-state index contributed by atoms with van der Waals surface area (Å²) in [6, 6.07) is 5.63. The number of nitrogens with one attached hydrogen (secondary N) is 2. The fraction of sp³-hybridized carbons (Fsp3) is 0.462.